The predicted octanol–water partition coefficient (Wildman–Crippen LogP) is 9.10. The van der Waals surface area contributed by atoms with E-state index in [1.807, 2.05) is 0 Å². The standard InChI is InChI=1S/2C9H8N2S5/c2*10-3-1-5-13-7-8(14-6-2-4-11)16-9(12)15-7/h2*1-2,5-6H2. The number of hydrogen-bond acceptors (Lipinski definition) is 14. The molecule has 0 aliphatic heterocycles. The second-order valence-electron chi connectivity index (χ2n) is 5.08. The maximum absolute atomic E-state index is 8.47. The Kier molecular flexibility index (Phi) is 18.0. The van der Waals surface area contributed by atoms with Gasteiger partial charge in [-0.15, -0.1) is 92.4 Å². The highest BCUT2D eigenvalue weighted by atomic mass is 32.2. The molecule has 0 unspecified atom stereocenters. The molecule has 32 heavy (non-hydrogen) atoms. The van der Waals surface area contributed by atoms with Gasteiger partial charge < -0.3 is 0 Å². The van der Waals surface area contributed by atoms with Gasteiger partial charge in [-0.3, -0.25) is 0 Å². The van der Waals surface area contributed by atoms with Gasteiger partial charge >= 0.3 is 0 Å². The van der Waals surface area contributed by atoms with Crippen LogP contribution in [0.15, 0.2) is 16.8 Å². The van der Waals surface area contributed by atoms with Crippen molar-refractivity contribution in [2.45, 2.75) is 42.5 Å². The van der Waals surface area contributed by atoms with Gasteiger partial charge in [0.25, 0.3) is 0 Å². The van der Waals surface area contributed by atoms with E-state index in [1.165, 1.54) is 16.8 Å². The minimum Gasteiger partial charge on any atom is -0.198 e. The molecule has 2 rings (SSSR count). The molecule has 0 spiro atoms. The van der Waals surface area contributed by atoms with E-state index < -0.39 is 0 Å². The Balaban J connectivity index is 0.000000320. The molecule has 0 bridgehead atoms. The molecule has 2 aromatic heterocycles. The van der Waals surface area contributed by atoms with E-state index in [0.29, 0.717) is 25.7 Å². The lowest BCUT2D eigenvalue weighted by molar-refractivity contribution is 1.23. The fourth-order valence-corrected chi connectivity index (χ4v) is 13.5. The fraction of sp³-hybridized carbons (Fsp3) is 0.444. The molecule has 0 amide bonds. The minimum absolute atomic E-state index is 0.558. The number of thioether (sulfide) groups is 4. The molecule has 0 aliphatic rings. The first-order valence-electron chi connectivity index (χ1n) is 8.82. The van der Waals surface area contributed by atoms with Crippen LogP contribution in [0.25, 0.3) is 0 Å². The highest BCUT2D eigenvalue weighted by Gasteiger charge is 2.09. The van der Waals surface area contributed by atoms with Crippen molar-refractivity contribution in [3.63, 3.8) is 0 Å². The van der Waals surface area contributed by atoms with Crippen LogP contribution in [0, 0.1) is 51.6 Å². The van der Waals surface area contributed by atoms with E-state index in [9.17, 15) is 0 Å². The normalized spacial score (nSPS) is 9.62. The molecule has 14 heteroatoms. The van der Waals surface area contributed by atoms with Gasteiger partial charge in [0.1, 0.15) is 6.28 Å². The van der Waals surface area contributed by atoms with E-state index in [-0.39, 0.29) is 0 Å². The summed E-state index contributed by atoms with van der Waals surface area (Å²) in [7, 11) is 0. The van der Waals surface area contributed by atoms with E-state index in [2.05, 4.69) is 24.3 Å². The van der Waals surface area contributed by atoms with Gasteiger partial charge in [-0.05, 0) is 0 Å². The lowest BCUT2D eigenvalue weighted by Crippen LogP contribution is -1.77. The lowest BCUT2D eigenvalue weighted by atomic mass is 10.6. The number of hydrogen-bond donors (Lipinski definition) is 0. The second kappa shape index (κ2) is 19.2. The fourth-order valence-electron chi connectivity index (χ4n) is 1.62. The Morgan fingerprint density at radius 1 is 0.500 bits per heavy atom. The van der Waals surface area contributed by atoms with Crippen molar-refractivity contribution in [1.82, 2.24) is 0 Å². The zero-order valence-electron chi connectivity index (χ0n) is 16.5. The van der Waals surface area contributed by atoms with Crippen LogP contribution >= 0.6 is 117 Å². The van der Waals surface area contributed by atoms with Crippen molar-refractivity contribution in [2.24, 2.45) is 0 Å². The molecular formula is C18H16N4S10. The first kappa shape index (κ1) is 29.9. The van der Waals surface area contributed by atoms with Crippen LogP contribution < -0.4 is 0 Å². The second-order valence-corrected chi connectivity index (χ2v) is 17.0. The highest BCUT2D eigenvalue weighted by molar-refractivity contribution is 8.05. The summed E-state index contributed by atoms with van der Waals surface area (Å²) < 4.78 is 6.64. The summed E-state index contributed by atoms with van der Waals surface area (Å²) in [6.45, 7) is 0. The van der Waals surface area contributed by atoms with Gasteiger partial charge in [0.15, 0.2) is 0 Å². The maximum Gasteiger partial charge on any atom is 0.145 e. The summed E-state index contributed by atoms with van der Waals surface area (Å²) in [5.41, 5.74) is 0. The van der Waals surface area contributed by atoms with Crippen LogP contribution in [0.4, 0.5) is 0 Å². The Morgan fingerprint density at radius 3 is 0.906 bits per heavy atom. The minimum atomic E-state index is 0.558. The molecule has 0 aromatic carbocycles. The molecular weight excluding hydrogens is 593 g/mol. The van der Waals surface area contributed by atoms with Crippen LogP contribution in [0.1, 0.15) is 25.7 Å². The smallest absolute Gasteiger partial charge is 0.145 e. The summed E-state index contributed by atoms with van der Waals surface area (Å²) in [5, 5.41) is 33.9. The molecule has 0 atom stereocenters. The summed E-state index contributed by atoms with van der Waals surface area (Å²) in [6, 6.07) is 8.51. The van der Waals surface area contributed by atoms with Gasteiger partial charge in [0.2, 0.25) is 0 Å². The van der Waals surface area contributed by atoms with E-state index in [4.69, 9.17) is 45.5 Å². The molecule has 0 saturated heterocycles. The van der Waals surface area contributed by atoms with E-state index in [0.717, 1.165) is 29.3 Å². The monoisotopic (exact) mass is 608 g/mol. The molecule has 168 valence electrons. The van der Waals surface area contributed by atoms with Gasteiger partial charge in [-0.2, -0.15) is 21.0 Å². The average molecular weight is 609 g/mol. The van der Waals surface area contributed by atoms with E-state index in [1.54, 1.807) is 92.4 Å². The molecule has 4 nitrogen and oxygen atoms in total. The lowest BCUT2D eigenvalue weighted by Gasteiger charge is -1.98. The number of nitrogens with zero attached hydrogens (tertiary/aromatic N) is 4. The summed E-state index contributed by atoms with van der Waals surface area (Å²) in [4.78, 5) is 0. The third-order valence-electron chi connectivity index (χ3n) is 2.83. The van der Waals surface area contributed by atoms with Crippen LogP contribution in [-0.4, -0.2) is 23.0 Å². The summed E-state index contributed by atoms with van der Waals surface area (Å²) >= 11 is 23.5. The molecule has 0 radical (unpaired) electrons. The maximum atomic E-state index is 8.47. The molecule has 0 N–H and O–H groups in total. The third kappa shape index (κ3) is 13.0. The molecule has 0 saturated carbocycles. The number of nitriles is 4. The van der Waals surface area contributed by atoms with Gasteiger partial charge in [-0.1, -0.05) is 24.4 Å². The SMILES string of the molecule is N#CCCSc1sc(=S)sc1SCCC#N.N#CCCSc1sc(=S)sc1SCCC#N. The zero-order chi connectivity index (χ0) is 23.6. The quantitative estimate of drug-likeness (QED) is 0.132. The van der Waals surface area contributed by atoms with E-state index >= 15 is 0 Å². The summed E-state index contributed by atoms with van der Waals surface area (Å²) in [6.07, 6.45) is 2.23. The van der Waals surface area contributed by atoms with Crippen molar-refractivity contribution >= 4 is 117 Å². The van der Waals surface area contributed by atoms with Crippen LogP contribution in [0.3, 0.4) is 0 Å². The van der Waals surface area contributed by atoms with Crippen molar-refractivity contribution in [1.29, 1.82) is 21.0 Å². The Morgan fingerprint density at radius 2 is 0.719 bits per heavy atom. The molecule has 0 fully saturated rings. The largest absolute Gasteiger partial charge is 0.198 e. The van der Waals surface area contributed by atoms with Crippen LogP contribution in [0.2, 0.25) is 0 Å². The van der Waals surface area contributed by atoms with Gasteiger partial charge in [-0.25, -0.2) is 0 Å². The number of rotatable bonds is 12. The van der Waals surface area contributed by atoms with Crippen molar-refractivity contribution in [3.8, 4) is 24.3 Å². The first-order valence-corrected chi connectivity index (χ1v) is 16.8. The van der Waals surface area contributed by atoms with Gasteiger partial charge in [0.05, 0.1) is 41.1 Å². The van der Waals surface area contributed by atoms with Crippen molar-refractivity contribution in [2.75, 3.05) is 23.0 Å². The van der Waals surface area contributed by atoms with Crippen LogP contribution in [0.5, 0.6) is 0 Å². The molecule has 0 aliphatic carbocycles. The zero-order valence-corrected chi connectivity index (χ0v) is 24.7. The Hall–Kier alpha value is -0.1000. The summed E-state index contributed by atoms with van der Waals surface area (Å²) in [5.74, 6) is 3.24. The predicted molar refractivity (Wildman–Crippen MR) is 150 cm³/mol. The first-order chi connectivity index (χ1) is 15.5. The van der Waals surface area contributed by atoms with Crippen molar-refractivity contribution in [3.05, 3.63) is 6.28 Å². The van der Waals surface area contributed by atoms with Crippen molar-refractivity contribution < 1.29 is 0 Å². The third-order valence-corrected chi connectivity index (χ3v) is 14.0. The molecule has 2 heterocycles. The topological polar surface area (TPSA) is 95.2 Å². The highest BCUT2D eigenvalue weighted by Crippen LogP contribution is 2.41. The van der Waals surface area contributed by atoms with Crippen LogP contribution in [-0.2, 0) is 0 Å². The Bertz CT molecular complexity index is 930. The molecule has 2 aromatic rings. The average Bonchev–Trinajstić information content (AvgIpc) is 3.30. The Labute approximate surface area is 231 Å². The van der Waals surface area contributed by atoms with Gasteiger partial charge in [0, 0.05) is 48.7 Å².